The third-order valence-electron chi connectivity index (χ3n) is 4.67. The maximum Gasteiger partial charge on any atom is 0.251 e. The van der Waals surface area contributed by atoms with Crippen molar-refractivity contribution in [2.75, 3.05) is 11.9 Å². The lowest BCUT2D eigenvalue weighted by Gasteiger charge is -2.24. The molecule has 2 aromatic carbocycles. The molecule has 0 atom stereocenters. The quantitative estimate of drug-likeness (QED) is 0.667. The van der Waals surface area contributed by atoms with Gasteiger partial charge in [0.2, 0.25) is 5.91 Å². The third kappa shape index (κ3) is 6.44. The molecule has 0 unspecified atom stereocenters. The molecular formula is C22H29N3O2. The van der Waals surface area contributed by atoms with E-state index >= 15 is 0 Å². The van der Waals surface area contributed by atoms with Crippen molar-refractivity contribution >= 4 is 17.5 Å². The lowest BCUT2D eigenvalue weighted by molar-refractivity contribution is -0.119. The molecule has 0 bridgehead atoms. The van der Waals surface area contributed by atoms with Gasteiger partial charge in [0.05, 0.1) is 6.54 Å². The molecule has 0 aromatic heterocycles. The lowest BCUT2D eigenvalue weighted by Crippen LogP contribution is -2.42. The third-order valence-corrected chi connectivity index (χ3v) is 4.67. The Balaban J connectivity index is 1.81. The highest BCUT2D eigenvalue weighted by molar-refractivity contribution is 5.95. The van der Waals surface area contributed by atoms with Crippen LogP contribution in [0.5, 0.6) is 0 Å². The second-order valence-corrected chi connectivity index (χ2v) is 7.33. The van der Waals surface area contributed by atoms with E-state index in [0.29, 0.717) is 12.1 Å². The minimum absolute atomic E-state index is 0.0789. The van der Waals surface area contributed by atoms with Crippen molar-refractivity contribution in [1.82, 2.24) is 10.6 Å². The molecule has 0 saturated heterocycles. The minimum atomic E-state index is -0.233. The molecule has 2 aromatic rings. The van der Waals surface area contributed by atoms with Crippen LogP contribution in [0.25, 0.3) is 0 Å². The maximum atomic E-state index is 12.2. The van der Waals surface area contributed by atoms with Gasteiger partial charge in [0.15, 0.2) is 0 Å². The number of aryl methyl sites for hydroxylation is 1. The number of carbonyl (C=O) groups excluding carboxylic acids is 2. The zero-order valence-electron chi connectivity index (χ0n) is 16.6. The fourth-order valence-electron chi connectivity index (χ4n) is 2.45. The van der Waals surface area contributed by atoms with E-state index in [9.17, 15) is 9.59 Å². The van der Waals surface area contributed by atoms with Crippen LogP contribution in [0.1, 0.15) is 48.7 Å². The van der Waals surface area contributed by atoms with Gasteiger partial charge >= 0.3 is 0 Å². The first-order valence-corrected chi connectivity index (χ1v) is 9.28. The van der Waals surface area contributed by atoms with Gasteiger partial charge in [-0.05, 0) is 62.6 Å². The number of nitrogens with one attached hydrogen (secondary N) is 3. The monoisotopic (exact) mass is 367 g/mol. The summed E-state index contributed by atoms with van der Waals surface area (Å²) in [5.41, 5.74) is 3.43. The van der Waals surface area contributed by atoms with Gasteiger partial charge in [0.1, 0.15) is 0 Å². The van der Waals surface area contributed by atoms with Crippen LogP contribution < -0.4 is 16.0 Å². The van der Waals surface area contributed by atoms with Gasteiger partial charge in [0, 0.05) is 23.3 Å². The highest BCUT2D eigenvalue weighted by Gasteiger charge is 2.18. The number of amides is 2. The Morgan fingerprint density at radius 3 is 2.30 bits per heavy atom. The number of carbonyl (C=O) groups is 2. The molecule has 0 fully saturated rings. The molecule has 2 rings (SSSR count). The summed E-state index contributed by atoms with van der Waals surface area (Å²) in [7, 11) is 0. The zero-order chi connectivity index (χ0) is 19.9. The van der Waals surface area contributed by atoms with E-state index in [1.807, 2.05) is 64.1 Å². The standard InChI is InChI=1S/C22H29N3O2/c1-5-22(3,4)25-21(27)17-10-12-19(13-11-17)23-15-20(26)24-14-18-9-7-6-8-16(18)2/h6-13,23H,5,14-15H2,1-4H3,(H,24,26)(H,25,27). The number of anilines is 1. The minimum Gasteiger partial charge on any atom is -0.376 e. The van der Waals surface area contributed by atoms with E-state index in [1.165, 1.54) is 0 Å². The van der Waals surface area contributed by atoms with E-state index in [1.54, 1.807) is 12.1 Å². The van der Waals surface area contributed by atoms with E-state index in [2.05, 4.69) is 16.0 Å². The summed E-state index contributed by atoms with van der Waals surface area (Å²) in [6.07, 6.45) is 0.857. The fourth-order valence-corrected chi connectivity index (χ4v) is 2.45. The second-order valence-electron chi connectivity index (χ2n) is 7.33. The number of benzene rings is 2. The smallest absolute Gasteiger partial charge is 0.251 e. The summed E-state index contributed by atoms with van der Waals surface area (Å²) in [5.74, 6) is -0.172. The van der Waals surface area contributed by atoms with Crippen LogP contribution in [0.2, 0.25) is 0 Å². The molecule has 0 aliphatic carbocycles. The molecular weight excluding hydrogens is 338 g/mol. The Kier molecular flexibility index (Phi) is 6.99. The Labute approximate surface area is 161 Å². The van der Waals surface area contributed by atoms with Gasteiger partial charge in [-0.15, -0.1) is 0 Å². The molecule has 0 saturated carbocycles. The fraction of sp³-hybridized carbons (Fsp3) is 0.364. The molecule has 2 amide bonds. The average molecular weight is 367 g/mol. The molecule has 27 heavy (non-hydrogen) atoms. The van der Waals surface area contributed by atoms with Crippen LogP contribution in [-0.4, -0.2) is 23.9 Å². The van der Waals surface area contributed by atoms with Crippen molar-refractivity contribution in [3.05, 3.63) is 65.2 Å². The summed E-state index contributed by atoms with van der Waals surface area (Å²) in [6, 6.07) is 15.1. The Hall–Kier alpha value is -2.82. The molecule has 0 radical (unpaired) electrons. The molecule has 5 nitrogen and oxygen atoms in total. The number of hydrogen-bond acceptors (Lipinski definition) is 3. The van der Waals surface area contributed by atoms with Crippen molar-refractivity contribution in [3.63, 3.8) is 0 Å². The average Bonchev–Trinajstić information content (AvgIpc) is 2.65. The first-order chi connectivity index (χ1) is 12.8. The van der Waals surface area contributed by atoms with Crippen LogP contribution in [0, 0.1) is 6.92 Å². The van der Waals surface area contributed by atoms with Gasteiger partial charge in [0.25, 0.3) is 5.91 Å². The van der Waals surface area contributed by atoms with Crippen molar-refractivity contribution in [3.8, 4) is 0 Å². The van der Waals surface area contributed by atoms with E-state index in [-0.39, 0.29) is 23.9 Å². The highest BCUT2D eigenvalue weighted by atomic mass is 16.2. The topological polar surface area (TPSA) is 70.2 Å². The van der Waals surface area contributed by atoms with Crippen LogP contribution in [0.15, 0.2) is 48.5 Å². The predicted octanol–water partition coefficient (Wildman–Crippen LogP) is 3.64. The molecule has 144 valence electrons. The second kappa shape index (κ2) is 9.21. The van der Waals surface area contributed by atoms with Crippen molar-refractivity contribution in [1.29, 1.82) is 0 Å². The predicted molar refractivity (Wildman–Crippen MR) is 110 cm³/mol. The normalized spacial score (nSPS) is 11.0. The zero-order valence-corrected chi connectivity index (χ0v) is 16.6. The molecule has 0 aliphatic rings. The molecule has 0 spiro atoms. The van der Waals surface area contributed by atoms with Crippen molar-refractivity contribution in [2.45, 2.75) is 46.2 Å². The summed E-state index contributed by atoms with van der Waals surface area (Å²) >= 11 is 0. The number of rotatable bonds is 8. The highest BCUT2D eigenvalue weighted by Crippen LogP contribution is 2.12. The van der Waals surface area contributed by atoms with E-state index in [4.69, 9.17) is 0 Å². The summed E-state index contributed by atoms with van der Waals surface area (Å²) in [5, 5.41) is 8.99. The van der Waals surface area contributed by atoms with Gasteiger partial charge in [-0.25, -0.2) is 0 Å². The van der Waals surface area contributed by atoms with Crippen LogP contribution in [0.3, 0.4) is 0 Å². The van der Waals surface area contributed by atoms with Gasteiger partial charge in [-0.1, -0.05) is 31.2 Å². The lowest BCUT2D eigenvalue weighted by atomic mass is 10.0. The SMILES string of the molecule is CCC(C)(C)NC(=O)c1ccc(NCC(=O)NCc2ccccc2C)cc1. The summed E-state index contributed by atoms with van der Waals surface area (Å²) in [4.78, 5) is 24.3. The Morgan fingerprint density at radius 1 is 1.00 bits per heavy atom. The molecule has 0 aliphatic heterocycles. The van der Waals surface area contributed by atoms with Crippen molar-refractivity contribution in [2.24, 2.45) is 0 Å². The largest absolute Gasteiger partial charge is 0.376 e. The first kappa shape index (κ1) is 20.5. The Morgan fingerprint density at radius 2 is 1.67 bits per heavy atom. The van der Waals surface area contributed by atoms with Crippen LogP contribution in [-0.2, 0) is 11.3 Å². The van der Waals surface area contributed by atoms with Gasteiger partial charge < -0.3 is 16.0 Å². The summed E-state index contributed by atoms with van der Waals surface area (Å²) < 4.78 is 0. The molecule has 5 heteroatoms. The van der Waals surface area contributed by atoms with Gasteiger partial charge in [-0.3, -0.25) is 9.59 Å². The summed E-state index contributed by atoms with van der Waals surface area (Å²) in [6.45, 7) is 8.75. The van der Waals surface area contributed by atoms with Crippen LogP contribution in [0.4, 0.5) is 5.69 Å². The van der Waals surface area contributed by atoms with Crippen LogP contribution >= 0.6 is 0 Å². The number of hydrogen-bond donors (Lipinski definition) is 3. The Bertz CT molecular complexity index is 782. The van der Waals surface area contributed by atoms with Crippen molar-refractivity contribution < 1.29 is 9.59 Å². The van der Waals surface area contributed by atoms with E-state index < -0.39 is 0 Å². The molecule has 0 heterocycles. The van der Waals surface area contributed by atoms with Gasteiger partial charge in [-0.2, -0.15) is 0 Å². The maximum absolute atomic E-state index is 12.2. The first-order valence-electron chi connectivity index (χ1n) is 9.28. The molecule has 3 N–H and O–H groups in total. The van der Waals surface area contributed by atoms with E-state index in [0.717, 1.165) is 23.2 Å².